The van der Waals surface area contributed by atoms with Gasteiger partial charge in [0.15, 0.2) is 11.6 Å². The van der Waals surface area contributed by atoms with Crippen molar-refractivity contribution in [1.29, 1.82) is 0 Å². The molecule has 4 aromatic carbocycles. The lowest BCUT2D eigenvalue weighted by molar-refractivity contribution is 0.0719. The Balaban J connectivity index is 1.41. The monoisotopic (exact) mass is 452 g/mol. The van der Waals surface area contributed by atoms with Crippen molar-refractivity contribution < 1.29 is 28.7 Å². The molecule has 6 nitrogen and oxygen atoms in total. The third kappa shape index (κ3) is 5.07. The summed E-state index contributed by atoms with van der Waals surface area (Å²) in [4.78, 5) is 47.8. The lowest BCUT2D eigenvalue weighted by Crippen LogP contribution is -2.10. The molecule has 0 saturated carbocycles. The molecule has 0 saturated heterocycles. The maximum atomic E-state index is 12.6. The molecule has 34 heavy (non-hydrogen) atoms. The van der Waals surface area contributed by atoms with Crippen molar-refractivity contribution in [3.05, 3.63) is 107 Å². The summed E-state index contributed by atoms with van der Waals surface area (Å²) >= 11 is 0. The van der Waals surface area contributed by atoms with Crippen molar-refractivity contribution in [2.45, 2.75) is 13.8 Å². The highest BCUT2D eigenvalue weighted by Gasteiger charge is 2.12. The zero-order valence-electron chi connectivity index (χ0n) is 18.5. The van der Waals surface area contributed by atoms with Crippen LogP contribution in [0.1, 0.15) is 55.3 Å². The number of ether oxygens (including phenoxy) is 2. The molecule has 168 valence electrons. The molecule has 4 rings (SSSR count). The summed E-state index contributed by atoms with van der Waals surface area (Å²) in [5, 5.41) is 1.67. The van der Waals surface area contributed by atoms with Gasteiger partial charge in [0.25, 0.3) is 0 Å². The largest absolute Gasteiger partial charge is 0.423 e. The number of carbonyl (C=O) groups is 4. The van der Waals surface area contributed by atoms with Gasteiger partial charge in [0, 0.05) is 11.1 Å². The number of esters is 2. The summed E-state index contributed by atoms with van der Waals surface area (Å²) in [7, 11) is 0. The van der Waals surface area contributed by atoms with E-state index in [0.717, 1.165) is 10.8 Å². The number of hydrogen-bond acceptors (Lipinski definition) is 6. The molecule has 0 fully saturated rings. The van der Waals surface area contributed by atoms with Crippen LogP contribution < -0.4 is 9.47 Å². The molecule has 0 aliphatic carbocycles. The van der Waals surface area contributed by atoms with Crippen LogP contribution in [0.15, 0.2) is 84.9 Å². The molecule has 0 aromatic heterocycles. The summed E-state index contributed by atoms with van der Waals surface area (Å²) in [6.07, 6.45) is 0. The van der Waals surface area contributed by atoms with Gasteiger partial charge in [-0.25, -0.2) is 9.59 Å². The molecule has 4 aromatic rings. The van der Waals surface area contributed by atoms with Crippen molar-refractivity contribution in [3.8, 4) is 11.5 Å². The van der Waals surface area contributed by atoms with E-state index in [9.17, 15) is 19.2 Å². The first kappa shape index (κ1) is 22.6. The highest BCUT2D eigenvalue weighted by molar-refractivity contribution is 6.01. The van der Waals surface area contributed by atoms with Gasteiger partial charge in [-0.1, -0.05) is 30.3 Å². The fourth-order valence-electron chi connectivity index (χ4n) is 3.34. The Hall–Kier alpha value is -4.58. The number of benzene rings is 4. The topological polar surface area (TPSA) is 86.7 Å². The van der Waals surface area contributed by atoms with E-state index in [4.69, 9.17) is 9.47 Å². The zero-order chi connectivity index (χ0) is 24.2. The van der Waals surface area contributed by atoms with Gasteiger partial charge in [-0.15, -0.1) is 0 Å². The molecule has 0 amide bonds. The lowest BCUT2D eigenvalue weighted by atomic mass is 10.0. The summed E-state index contributed by atoms with van der Waals surface area (Å²) in [5.74, 6) is -0.631. The van der Waals surface area contributed by atoms with Gasteiger partial charge < -0.3 is 9.47 Å². The summed E-state index contributed by atoms with van der Waals surface area (Å²) in [5.41, 5.74) is 1.80. The fourth-order valence-corrected chi connectivity index (χ4v) is 3.34. The van der Waals surface area contributed by atoms with Crippen molar-refractivity contribution in [2.75, 3.05) is 0 Å². The Labute approximate surface area is 195 Å². The number of Topliss-reactive ketones (excluding diaryl/α,β-unsaturated/α-hetero) is 2. The third-order valence-corrected chi connectivity index (χ3v) is 5.25. The van der Waals surface area contributed by atoms with Gasteiger partial charge in [0.05, 0.1) is 11.1 Å². The van der Waals surface area contributed by atoms with E-state index in [-0.39, 0.29) is 17.3 Å². The molecule has 0 bridgehead atoms. The Bertz CT molecular complexity index is 1420. The molecular weight excluding hydrogens is 432 g/mol. The van der Waals surface area contributed by atoms with E-state index >= 15 is 0 Å². The van der Waals surface area contributed by atoms with Crippen LogP contribution in [0, 0.1) is 0 Å². The Morgan fingerprint density at radius 3 is 1.35 bits per heavy atom. The minimum absolute atomic E-state index is 0.0228. The van der Waals surface area contributed by atoms with Gasteiger partial charge in [-0.3, -0.25) is 9.59 Å². The number of ketones is 2. The first-order valence-corrected chi connectivity index (χ1v) is 10.5. The Morgan fingerprint density at radius 2 is 0.853 bits per heavy atom. The van der Waals surface area contributed by atoms with Crippen LogP contribution >= 0.6 is 0 Å². The second-order valence-corrected chi connectivity index (χ2v) is 7.72. The molecule has 0 spiro atoms. The lowest BCUT2D eigenvalue weighted by Gasteiger charge is -2.08. The van der Waals surface area contributed by atoms with Crippen molar-refractivity contribution in [3.63, 3.8) is 0 Å². The van der Waals surface area contributed by atoms with Crippen molar-refractivity contribution >= 4 is 34.3 Å². The molecule has 0 aliphatic heterocycles. The second-order valence-electron chi connectivity index (χ2n) is 7.72. The van der Waals surface area contributed by atoms with E-state index in [0.29, 0.717) is 28.0 Å². The van der Waals surface area contributed by atoms with Crippen LogP contribution in [0.25, 0.3) is 10.8 Å². The van der Waals surface area contributed by atoms with Crippen LogP contribution in [0.5, 0.6) is 11.5 Å². The molecule has 0 unspecified atom stereocenters. The minimum Gasteiger partial charge on any atom is -0.423 e. The van der Waals surface area contributed by atoms with Crippen molar-refractivity contribution in [1.82, 2.24) is 0 Å². The molecule has 0 atom stereocenters. The highest BCUT2D eigenvalue weighted by atomic mass is 16.5. The predicted molar refractivity (Wildman–Crippen MR) is 127 cm³/mol. The number of carbonyl (C=O) groups excluding carboxylic acids is 4. The average Bonchev–Trinajstić information content (AvgIpc) is 2.84. The summed E-state index contributed by atoms with van der Waals surface area (Å²) in [6.45, 7) is 2.96. The molecule has 0 N–H and O–H groups in total. The van der Waals surface area contributed by atoms with Gasteiger partial charge in [0.1, 0.15) is 11.5 Å². The van der Waals surface area contributed by atoms with Crippen LogP contribution in [0.3, 0.4) is 0 Å². The Morgan fingerprint density at radius 1 is 0.471 bits per heavy atom. The third-order valence-electron chi connectivity index (χ3n) is 5.25. The maximum absolute atomic E-state index is 12.6. The molecule has 0 heterocycles. The smallest absolute Gasteiger partial charge is 0.343 e. The molecule has 0 radical (unpaired) electrons. The van der Waals surface area contributed by atoms with E-state index < -0.39 is 11.9 Å². The normalized spacial score (nSPS) is 10.5. The van der Waals surface area contributed by atoms with Gasteiger partial charge in [-0.2, -0.15) is 0 Å². The minimum atomic E-state index is -0.566. The van der Waals surface area contributed by atoms with Crippen LogP contribution in [-0.2, 0) is 0 Å². The standard InChI is InChI=1S/C28H20O6/c1-17(29)19-3-5-20(6-4-19)27(31)33-25-11-13-26(14-12-25)34-28(32)24-10-9-22-15-21(18(2)30)7-8-23(22)16-24/h3-16H,1-2H3. The zero-order valence-corrected chi connectivity index (χ0v) is 18.5. The van der Waals surface area contributed by atoms with E-state index in [2.05, 4.69) is 0 Å². The molecular formula is C28H20O6. The highest BCUT2D eigenvalue weighted by Crippen LogP contribution is 2.22. The van der Waals surface area contributed by atoms with E-state index in [1.54, 1.807) is 48.5 Å². The number of hydrogen-bond donors (Lipinski definition) is 0. The Kier molecular flexibility index (Phi) is 6.32. The van der Waals surface area contributed by atoms with Crippen LogP contribution in [0.4, 0.5) is 0 Å². The SMILES string of the molecule is CC(=O)c1ccc(C(=O)Oc2ccc(OC(=O)c3ccc4cc(C(C)=O)ccc4c3)cc2)cc1. The molecule has 0 aliphatic rings. The summed E-state index contributed by atoms with van der Waals surface area (Å²) < 4.78 is 10.8. The average molecular weight is 452 g/mol. The second kappa shape index (κ2) is 9.50. The maximum Gasteiger partial charge on any atom is 0.343 e. The quantitative estimate of drug-likeness (QED) is 0.212. The number of rotatable bonds is 6. The summed E-state index contributed by atoms with van der Waals surface area (Å²) in [6, 6.07) is 22.7. The fraction of sp³-hybridized carbons (Fsp3) is 0.0714. The first-order chi connectivity index (χ1) is 16.3. The van der Waals surface area contributed by atoms with Crippen LogP contribution in [-0.4, -0.2) is 23.5 Å². The van der Waals surface area contributed by atoms with Crippen molar-refractivity contribution in [2.24, 2.45) is 0 Å². The molecule has 6 heteroatoms. The van der Waals surface area contributed by atoms with Gasteiger partial charge in [-0.05, 0) is 79.2 Å². The first-order valence-electron chi connectivity index (χ1n) is 10.5. The number of fused-ring (bicyclic) bond motifs is 1. The van der Waals surface area contributed by atoms with E-state index in [1.165, 1.54) is 50.2 Å². The van der Waals surface area contributed by atoms with E-state index in [1.807, 2.05) is 0 Å². The van der Waals surface area contributed by atoms with Gasteiger partial charge >= 0.3 is 11.9 Å². The van der Waals surface area contributed by atoms with Gasteiger partial charge in [0.2, 0.25) is 0 Å². The predicted octanol–water partition coefficient (Wildman–Crippen LogP) is 5.68. The van der Waals surface area contributed by atoms with Crippen LogP contribution in [0.2, 0.25) is 0 Å².